The van der Waals surface area contributed by atoms with Crippen molar-refractivity contribution in [2.45, 2.75) is 25.8 Å². The summed E-state index contributed by atoms with van der Waals surface area (Å²) in [7, 11) is 4.11. The second-order valence-corrected chi connectivity index (χ2v) is 6.50. The lowest BCUT2D eigenvalue weighted by atomic mass is 9.94. The highest BCUT2D eigenvalue weighted by molar-refractivity contribution is 5.76. The number of carbonyl (C=O) groups is 1. The smallest absolute Gasteiger partial charge is 0.223 e. The second kappa shape index (κ2) is 8.91. The number of benzene rings is 1. The largest absolute Gasteiger partial charge is 0.337 e. The number of likely N-dealkylation sites (N-methyl/N-ethyl adjacent to an activating group) is 1. The van der Waals surface area contributed by atoms with Crippen molar-refractivity contribution in [1.29, 1.82) is 0 Å². The third kappa shape index (κ3) is 5.78. The SMILES string of the molecule is CN(C)CCN(Cc1ccccc1)C(=O)CC1CCNCC1. The van der Waals surface area contributed by atoms with Gasteiger partial charge in [-0.1, -0.05) is 30.3 Å². The molecule has 0 unspecified atom stereocenters. The first kappa shape index (κ1) is 17.0. The van der Waals surface area contributed by atoms with Crippen LogP contribution in [0.15, 0.2) is 30.3 Å². The van der Waals surface area contributed by atoms with Gasteiger partial charge >= 0.3 is 0 Å². The Hall–Kier alpha value is -1.39. The Bertz CT molecular complexity index is 441. The van der Waals surface area contributed by atoms with Gasteiger partial charge in [0.1, 0.15) is 0 Å². The van der Waals surface area contributed by atoms with Crippen LogP contribution >= 0.6 is 0 Å². The Morgan fingerprint density at radius 3 is 2.45 bits per heavy atom. The highest BCUT2D eigenvalue weighted by atomic mass is 16.2. The standard InChI is InChI=1S/C18H29N3O/c1-20(2)12-13-21(15-17-6-4-3-5-7-17)18(22)14-16-8-10-19-11-9-16/h3-7,16,19H,8-15H2,1-2H3. The van der Waals surface area contributed by atoms with Gasteiger partial charge in [0.2, 0.25) is 5.91 Å². The summed E-state index contributed by atoms with van der Waals surface area (Å²) in [5.74, 6) is 0.851. The van der Waals surface area contributed by atoms with E-state index in [9.17, 15) is 4.79 Å². The number of hydrogen-bond acceptors (Lipinski definition) is 3. The topological polar surface area (TPSA) is 35.6 Å². The fourth-order valence-electron chi connectivity index (χ4n) is 2.88. The molecule has 1 saturated heterocycles. The van der Waals surface area contributed by atoms with Crippen LogP contribution in [0.1, 0.15) is 24.8 Å². The predicted octanol–water partition coefficient (Wildman–Crippen LogP) is 1.97. The third-order valence-electron chi connectivity index (χ3n) is 4.31. The molecule has 1 N–H and O–H groups in total. The van der Waals surface area contributed by atoms with Crippen molar-refractivity contribution in [3.63, 3.8) is 0 Å². The summed E-state index contributed by atoms with van der Waals surface area (Å²) >= 11 is 0. The molecule has 0 aliphatic carbocycles. The molecule has 1 heterocycles. The second-order valence-electron chi connectivity index (χ2n) is 6.50. The maximum Gasteiger partial charge on any atom is 0.223 e. The summed E-state index contributed by atoms with van der Waals surface area (Å²) in [6.07, 6.45) is 2.94. The van der Waals surface area contributed by atoms with Gasteiger partial charge in [-0.15, -0.1) is 0 Å². The minimum atomic E-state index is 0.303. The molecule has 0 saturated carbocycles. The van der Waals surface area contributed by atoms with Crippen molar-refractivity contribution in [1.82, 2.24) is 15.1 Å². The minimum absolute atomic E-state index is 0.303. The van der Waals surface area contributed by atoms with E-state index in [-0.39, 0.29) is 0 Å². The number of amides is 1. The van der Waals surface area contributed by atoms with Gasteiger partial charge < -0.3 is 15.1 Å². The zero-order chi connectivity index (χ0) is 15.8. The Balaban J connectivity index is 1.94. The monoisotopic (exact) mass is 303 g/mol. The van der Waals surface area contributed by atoms with E-state index in [1.54, 1.807) is 0 Å². The van der Waals surface area contributed by atoms with E-state index in [0.29, 0.717) is 18.2 Å². The summed E-state index contributed by atoms with van der Waals surface area (Å²) in [4.78, 5) is 16.9. The Kier molecular flexibility index (Phi) is 6.87. The summed E-state index contributed by atoms with van der Waals surface area (Å²) in [6.45, 7) is 4.53. The van der Waals surface area contributed by atoms with Gasteiger partial charge in [0.25, 0.3) is 0 Å². The lowest BCUT2D eigenvalue weighted by Crippen LogP contribution is -2.38. The van der Waals surface area contributed by atoms with Crippen LogP contribution in [-0.4, -0.2) is 56.0 Å². The van der Waals surface area contributed by atoms with Crippen LogP contribution < -0.4 is 5.32 Å². The zero-order valence-corrected chi connectivity index (χ0v) is 13.9. The van der Waals surface area contributed by atoms with E-state index < -0.39 is 0 Å². The molecule has 0 aromatic heterocycles. The molecule has 4 heteroatoms. The maximum atomic E-state index is 12.7. The number of hydrogen-bond donors (Lipinski definition) is 1. The van der Waals surface area contributed by atoms with E-state index >= 15 is 0 Å². The Labute approximate surface area is 134 Å². The molecule has 1 aliphatic heterocycles. The first-order valence-corrected chi connectivity index (χ1v) is 8.32. The molecule has 22 heavy (non-hydrogen) atoms. The average Bonchev–Trinajstić information content (AvgIpc) is 2.53. The normalized spacial score (nSPS) is 16.0. The molecular weight excluding hydrogens is 274 g/mol. The number of carbonyl (C=O) groups excluding carboxylic acids is 1. The van der Waals surface area contributed by atoms with Crippen molar-refractivity contribution in [3.8, 4) is 0 Å². The number of nitrogens with zero attached hydrogens (tertiary/aromatic N) is 2. The van der Waals surface area contributed by atoms with E-state index in [0.717, 1.165) is 45.6 Å². The van der Waals surface area contributed by atoms with Crippen LogP contribution in [0.2, 0.25) is 0 Å². The lowest BCUT2D eigenvalue weighted by molar-refractivity contribution is -0.133. The van der Waals surface area contributed by atoms with Gasteiger partial charge in [-0.05, 0) is 51.5 Å². The van der Waals surface area contributed by atoms with E-state index in [4.69, 9.17) is 0 Å². The summed E-state index contributed by atoms with van der Waals surface area (Å²) < 4.78 is 0. The molecule has 122 valence electrons. The fourth-order valence-corrected chi connectivity index (χ4v) is 2.88. The van der Waals surface area contributed by atoms with E-state index in [1.165, 1.54) is 5.56 Å². The van der Waals surface area contributed by atoms with Gasteiger partial charge in [-0.3, -0.25) is 4.79 Å². The summed E-state index contributed by atoms with van der Waals surface area (Å²) in [6, 6.07) is 10.3. The molecule has 0 atom stereocenters. The van der Waals surface area contributed by atoms with Gasteiger partial charge in [0.15, 0.2) is 0 Å². The highest BCUT2D eigenvalue weighted by Gasteiger charge is 2.21. The molecule has 2 rings (SSSR count). The van der Waals surface area contributed by atoms with Gasteiger partial charge in [0.05, 0.1) is 0 Å². The van der Waals surface area contributed by atoms with Gasteiger partial charge in [-0.25, -0.2) is 0 Å². The van der Waals surface area contributed by atoms with Gasteiger partial charge in [0, 0.05) is 26.1 Å². The molecule has 0 spiro atoms. The fraction of sp³-hybridized carbons (Fsp3) is 0.611. The molecule has 4 nitrogen and oxygen atoms in total. The Morgan fingerprint density at radius 2 is 1.82 bits per heavy atom. The maximum absolute atomic E-state index is 12.7. The number of rotatable bonds is 7. The van der Waals surface area contributed by atoms with Crippen LogP contribution in [0.3, 0.4) is 0 Å². The molecule has 0 bridgehead atoms. The first-order valence-electron chi connectivity index (χ1n) is 8.32. The van der Waals surface area contributed by atoms with Crippen LogP contribution in [0.4, 0.5) is 0 Å². The summed E-state index contributed by atoms with van der Waals surface area (Å²) in [5.41, 5.74) is 1.21. The van der Waals surface area contributed by atoms with Gasteiger partial charge in [-0.2, -0.15) is 0 Å². The molecule has 1 aliphatic rings. The van der Waals surface area contributed by atoms with Crippen LogP contribution in [-0.2, 0) is 11.3 Å². The first-order chi connectivity index (χ1) is 10.6. The predicted molar refractivity (Wildman–Crippen MR) is 90.6 cm³/mol. The average molecular weight is 303 g/mol. The Morgan fingerprint density at radius 1 is 1.14 bits per heavy atom. The third-order valence-corrected chi connectivity index (χ3v) is 4.31. The van der Waals surface area contributed by atoms with Crippen molar-refractivity contribution >= 4 is 5.91 Å². The van der Waals surface area contributed by atoms with Crippen LogP contribution in [0, 0.1) is 5.92 Å². The van der Waals surface area contributed by atoms with Crippen molar-refractivity contribution in [2.24, 2.45) is 5.92 Å². The quantitative estimate of drug-likeness (QED) is 0.836. The number of nitrogens with one attached hydrogen (secondary N) is 1. The van der Waals surface area contributed by atoms with Crippen LogP contribution in [0.25, 0.3) is 0 Å². The molecule has 1 fully saturated rings. The number of piperidine rings is 1. The van der Waals surface area contributed by atoms with Crippen molar-refractivity contribution in [2.75, 3.05) is 40.3 Å². The molecule has 1 aromatic rings. The molecule has 1 aromatic carbocycles. The molecule has 0 radical (unpaired) electrons. The highest BCUT2D eigenvalue weighted by Crippen LogP contribution is 2.18. The van der Waals surface area contributed by atoms with Crippen LogP contribution in [0.5, 0.6) is 0 Å². The van der Waals surface area contributed by atoms with Crippen molar-refractivity contribution in [3.05, 3.63) is 35.9 Å². The zero-order valence-electron chi connectivity index (χ0n) is 13.9. The molecular formula is C18H29N3O. The van der Waals surface area contributed by atoms with Crippen molar-refractivity contribution < 1.29 is 4.79 Å². The van der Waals surface area contributed by atoms with E-state index in [2.05, 4.69) is 36.4 Å². The molecule has 1 amide bonds. The summed E-state index contributed by atoms with van der Waals surface area (Å²) in [5, 5.41) is 3.37. The van der Waals surface area contributed by atoms with E-state index in [1.807, 2.05) is 23.1 Å². The lowest BCUT2D eigenvalue weighted by Gasteiger charge is -2.28. The minimum Gasteiger partial charge on any atom is -0.337 e.